The maximum atomic E-state index is 5.68. The van der Waals surface area contributed by atoms with Gasteiger partial charge in [0, 0.05) is 13.1 Å². The smallest absolute Gasteiger partial charge is 0.121 e. The Morgan fingerprint density at radius 2 is 2.58 bits per heavy atom. The van der Waals surface area contributed by atoms with Crippen LogP contribution in [0.15, 0.2) is 6.07 Å². The second-order valence-electron chi connectivity index (χ2n) is 3.27. The summed E-state index contributed by atoms with van der Waals surface area (Å²) in [6.45, 7) is 1.10. The van der Waals surface area contributed by atoms with Gasteiger partial charge in [0.1, 0.15) is 5.82 Å². The lowest BCUT2D eigenvalue weighted by Gasteiger charge is -2.04. The van der Waals surface area contributed by atoms with E-state index in [4.69, 9.17) is 5.73 Å². The zero-order chi connectivity index (χ0) is 8.55. The fourth-order valence-corrected chi connectivity index (χ4v) is 1.61. The lowest BCUT2D eigenvalue weighted by atomic mass is 10.2. The van der Waals surface area contributed by atoms with E-state index in [-0.39, 0.29) is 0 Å². The molecule has 1 aromatic rings. The van der Waals surface area contributed by atoms with Crippen molar-refractivity contribution in [3.63, 3.8) is 0 Å². The van der Waals surface area contributed by atoms with E-state index in [2.05, 4.69) is 10.4 Å². The zero-order valence-electron chi connectivity index (χ0n) is 7.25. The molecule has 1 aliphatic rings. The Hall–Kier alpha value is -1.03. The van der Waals surface area contributed by atoms with E-state index in [0.29, 0.717) is 6.04 Å². The summed E-state index contributed by atoms with van der Waals surface area (Å²) in [5.74, 6) is 0.735. The lowest BCUT2D eigenvalue weighted by molar-refractivity contribution is 0.607. The van der Waals surface area contributed by atoms with E-state index in [9.17, 15) is 0 Å². The number of nitrogens with two attached hydrogens (primary N) is 1. The molecule has 0 aromatic carbocycles. The van der Waals surface area contributed by atoms with Crippen molar-refractivity contribution in [1.82, 2.24) is 15.1 Å². The summed E-state index contributed by atoms with van der Waals surface area (Å²) in [4.78, 5) is 0. The van der Waals surface area contributed by atoms with Gasteiger partial charge in [0.05, 0.1) is 11.7 Å². The molecule has 66 valence electrons. The van der Waals surface area contributed by atoms with Crippen molar-refractivity contribution in [2.75, 3.05) is 12.3 Å². The maximum absolute atomic E-state index is 5.68. The van der Waals surface area contributed by atoms with Crippen molar-refractivity contribution >= 4 is 5.82 Å². The largest absolute Gasteiger partial charge is 0.384 e. The Morgan fingerprint density at radius 1 is 1.75 bits per heavy atom. The van der Waals surface area contributed by atoms with Gasteiger partial charge in [0.15, 0.2) is 0 Å². The highest BCUT2D eigenvalue weighted by Gasteiger charge is 2.18. The van der Waals surface area contributed by atoms with Gasteiger partial charge in [-0.15, -0.1) is 0 Å². The van der Waals surface area contributed by atoms with Gasteiger partial charge in [0.25, 0.3) is 0 Å². The number of rotatable bonds is 1. The van der Waals surface area contributed by atoms with Gasteiger partial charge in [0.2, 0.25) is 0 Å². The molecule has 3 N–H and O–H groups in total. The molecule has 0 spiro atoms. The quantitative estimate of drug-likeness (QED) is 0.636. The lowest BCUT2D eigenvalue weighted by Crippen LogP contribution is -2.13. The van der Waals surface area contributed by atoms with Crippen LogP contribution in [0.25, 0.3) is 0 Å². The first kappa shape index (κ1) is 7.61. The number of nitrogens with one attached hydrogen (secondary N) is 1. The molecule has 1 saturated heterocycles. The fraction of sp³-hybridized carbons (Fsp3) is 0.625. The van der Waals surface area contributed by atoms with Crippen molar-refractivity contribution in [3.05, 3.63) is 11.8 Å². The van der Waals surface area contributed by atoms with Gasteiger partial charge in [-0.05, 0) is 19.4 Å². The van der Waals surface area contributed by atoms with Crippen LogP contribution in [0.3, 0.4) is 0 Å². The maximum Gasteiger partial charge on any atom is 0.121 e. The molecule has 1 fully saturated rings. The van der Waals surface area contributed by atoms with Gasteiger partial charge in [-0.25, -0.2) is 0 Å². The summed E-state index contributed by atoms with van der Waals surface area (Å²) in [7, 11) is 1.87. The molecule has 0 unspecified atom stereocenters. The molecule has 1 aromatic heterocycles. The van der Waals surface area contributed by atoms with Crippen LogP contribution in [-0.4, -0.2) is 16.3 Å². The van der Waals surface area contributed by atoms with E-state index >= 15 is 0 Å². The van der Waals surface area contributed by atoms with Crippen LogP contribution in [0.5, 0.6) is 0 Å². The highest BCUT2D eigenvalue weighted by atomic mass is 15.3. The van der Waals surface area contributed by atoms with Crippen LogP contribution in [0.1, 0.15) is 24.6 Å². The first-order chi connectivity index (χ1) is 5.77. The molecular weight excluding hydrogens is 152 g/mol. The Labute approximate surface area is 71.7 Å². The second kappa shape index (κ2) is 2.79. The Balaban J connectivity index is 2.21. The summed E-state index contributed by atoms with van der Waals surface area (Å²) in [5, 5.41) is 7.70. The molecule has 1 aliphatic heterocycles. The standard InChI is InChI=1S/C8H14N4/c1-12-8(9)5-7(11-12)6-3-2-4-10-6/h5-6,10H,2-4,9H2,1H3/t6-/m0/s1. The van der Waals surface area contributed by atoms with Crippen molar-refractivity contribution in [2.24, 2.45) is 7.05 Å². The molecule has 0 saturated carbocycles. The summed E-state index contributed by atoms with van der Waals surface area (Å²) in [6, 6.07) is 2.37. The number of hydrogen-bond donors (Lipinski definition) is 2. The molecule has 0 aliphatic carbocycles. The number of aromatic nitrogens is 2. The number of anilines is 1. The SMILES string of the molecule is Cn1nc([C@@H]2CCCN2)cc1N. The number of aryl methyl sites for hydroxylation is 1. The van der Waals surface area contributed by atoms with Crippen LogP contribution in [0, 0.1) is 0 Å². The van der Waals surface area contributed by atoms with E-state index in [1.54, 1.807) is 4.68 Å². The number of nitrogen functional groups attached to an aromatic ring is 1. The predicted molar refractivity (Wildman–Crippen MR) is 47.6 cm³/mol. The molecule has 2 heterocycles. The van der Waals surface area contributed by atoms with Crippen molar-refractivity contribution < 1.29 is 0 Å². The monoisotopic (exact) mass is 166 g/mol. The molecule has 2 rings (SSSR count). The minimum absolute atomic E-state index is 0.425. The van der Waals surface area contributed by atoms with Crippen molar-refractivity contribution in [3.8, 4) is 0 Å². The Kier molecular flexibility index (Phi) is 1.77. The van der Waals surface area contributed by atoms with Crippen LogP contribution >= 0.6 is 0 Å². The topological polar surface area (TPSA) is 55.9 Å². The first-order valence-electron chi connectivity index (χ1n) is 4.30. The highest BCUT2D eigenvalue weighted by Crippen LogP contribution is 2.22. The van der Waals surface area contributed by atoms with Gasteiger partial charge < -0.3 is 11.1 Å². The average Bonchev–Trinajstić information content (AvgIpc) is 2.61. The van der Waals surface area contributed by atoms with Gasteiger partial charge >= 0.3 is 0 Å². The minimum Gasteiger partial charge on any atom is -0.384 e. The molecule has 0 bridgehead atoms. The first-order valence-corrected chi connectivity index (χ1v) is 4.30. The fourth-order valence-electron chi connectivity index (χ4n) is 1.61. The predicted octanol–water partition coefficient (Wildman–Crippen LogP) is 0.427. The molecule has 4 nitrogen and oxygen atoms in total. The van der Waals surface area contributed by atoms with E-state index < -0.39 is 0 Å². The summed E-state index contributed by atoms with van der Waals surface area (Å²) >= 11 is 0. The molecular formula is C8H14N4. The summed E-state index contributed by atoms with van der Waals surface area (Å²) in [5.41, 5.74) is 6.76. The number of nitrogens with zero attached hydrogens (tertiary/aromatic N) is 2. The number of hydrogen-bond acceptors (Lipinski definition) is 3. The molecule has 0 amide bonds. The third kappa shape index (κ3) is 1.18. The Morgan fingerprint density at radius 3 is 3.08 bits per heavy atom. The van der Waals surface area contributed by atoms with Crippen LogP contribution in [0.4, 0.5) is 5.82 Å². The minimum atomic E-state index is 0.425. The van der Waals surface area contributed by atoms with Crippen LogP contribution in [-0.2, 0) is 7.05 Å². The average molecular weight is 166 g/mol. The summed E-state index contributed by atoms with van der Waals surface area (Å²) in [6.07, 6.45) is 2.41. The van der Waals surface area contributed by atoms with E-state index in [0.717, 1.165) is 18.1 Å². The van der Waals surface area contributed by atoms with Gasteiger partial charge in [-0.3, -0.25) is 4.68 Å². The van der Waals surface area contributed by atoms with Gasteiger partial charge in [-0.2, -0.15) is 5.10 Å². The molecule has 1 atom stereocenters. The van der Waals surface area contributed by atoms with Crippen molar-refractivity contribution in [2.45, 2.75) is 18.9 Å². The highest BCUT2D eigenvalue weighted by molar-refractivity contribution is 5.31. The third-order valence-electron chi connectivity index (χ3n) is 2.35. The second-order valence-corrected chi connectivity index (χ2v) is 3.27. The Bertz CT molecular complexity index is 253. The van der Waals surface area contributed by atoms with Crippen LogP contribution < -0.4 is 11.1 Å². The van der Waals surface area contributed by atoms with E-state index in [1.165, 1.54) is 12.8 Å². The third-order valence-corrected chi connectivity index (χ3v) is 2.35. The normalized spacial score (nSPS) is 23.2. The van der Waals surface area contributed by atoms with Crippen LogP contribution in [0.2, 0.25) is 0 Å². The molecule has 4 heteroatoms. The van der Waals surface area contributed by atoms with Crippen molar-refractivity contribution in [1.29, 1.82) is 0 Å². The molecule has 12 heavy (non-hydrogen) atoms. The summed E-state index contributed by atoms with van der Waals surface area (Å²) < 4.78 is 1.72. The molecule has 0 radical (unpaired) electrons. The zero-order valence-corrected chi connectivity index (χ0v) is 7.25. The van der Waals surface area contributed by atoms with E-state index in [1.807, 2.05) is 13.1 Å². The van der Waals surface area contributed by atoms with Gasteiger partial charge in [-0.1, -0.05) is 0 Å².